The summed E-state index contributed by atoms with van der Waals surface area (Å²) in [6.45, 7) is 2.71. The maximum absolute atomic E-state index is 12.2. The van der Waals surface area contributed by atoms with Gasteiger partial charge in [0.15, 0.2) is 23.1 Å². The van der Waals surface area contributed by atoms with Crippen molar-refractivity contribution in [2.45, 2.75) is 0 Å². The first-order valence-corrected chi connectivity index (χ1v) is 10.2. The Morgan fingerprint density at radius 2 is 1.87 bits per heavy atom. The van der Waals surface area contributed by atoms with Gasteiger partial charge >= 0.3 is 5.97 Å². The van der Waals surface area contributed by atoms with Crippen LogP contribution in [0.1, 0.15) is 10.5 Å². The van der Waals surface area contributed by atoms with E-state index in [-0.39, 0.29) is 5.69 Å². The number of hydrogen-bond acceptors (Lipinski definition) is 9. The van der Waals surface area contributed by atoms with E-state index in [0.29, 0.717) is 29.7 Å². The number of anilines is 2. The summed E-state index contributed by atoms with van der Waals surface area (Å²) >= 11 is 1.23. The lowest BCUT2D eigenvalue weighted by Crippen LogP contribution is -2.36. The van der Waals surface area contributed by atoms with E-state index in [1.807, 2.05) is 24.3 Å². The minimum Gasteiger partial charge on any atom is -0.451 e. The van der Waals surface area contributed by atoms with E-state index in [1.54, 1.807) is 23.8 Å². The van der Waals surface area contributed by atoms with Crippen LogP contribution in [0.15, 0.2) is 48.1 Å². The molecule has 0 saturated carbocycles. The largest absolute Gasteiger partial charge is 0.451 e. The van der Waals surface area contributed by atoms with Gasteiger partial charge in [-0.25, -0.2) is 19.7 Å². The van der Waals surface area contributed by atoms with Crippen LogP contribution in [0.5, 0.6) is 0 Å². The quantitative estimate of drug-likeness (QED) is 0.599. The molecule has 3 aromatic rings. The zero-order valence-corrected chi connectivity index (χ0v) is 16.8. The van der Waals surface area contributed by atoms with Crippen molar-refractivity contribution in [2.24, 2.45) is 0 Å². The molecule has 1 aliphatic rings. The number of nitrogens with zero attached hydrogens (tertiary/aromatic N) is 4. The fourth-order valence-corrected chi connectivity index (χ4v) is 3.59. The average Bonchev–Trinajstić information content (AvgIpc) is 3.30. The topological polar surface area (TPSA) is 107 Å². The van der Waals surface area contributed by atoms with Crippen LogP contribution in [-0.2, 0) is 14.3 Å². The van der Waals surface area contributed by atoms with Crippen molar-refractivity contribution in [3.63, 3.8) is 0 Å². The third-order valence-electron chi connectivity index (χ3n) is 4.33. The first-order valence-electron chi connectivity index (χ1n) is 9.32. The molecular formula is C20H19N5O4S. The molecule has 0 atom stereocenters. The Morgan fingerprint density at radius 1 is 1.13 bits per heavy atom. The number of hydrogen-bond donors (Lipinski definition) is 1. The first kappa shape index (κ1) is 19.9. The minimum absolute atomic E-state index is 0.116. The van der Waals surface area contributed by atoms with E-state index in [1.165, 1.54) is 11.3 Å². The zero-order chi connectivity index (χ0) is 20.8. The molecule has 0 aliphatic carbocycles. The van der Waals surface area contributed by atoms with E-state index in [4.69, 9.17) is 9.47 Å². The lowest BCUT2D eigenvalue weighted by Gasteiger charge is -2.28. The van der Waals surface area contributed by atoms with Crippen molar-refractivity contribution >= 4 is 34.6 Å². The van der Waals surface area contributed by atoms with E-state index < -0.39 is 18.5 Å². The van der Waals surface area contributed by atoms with Gasteiger partial charge in [0.25, 0.3) is 5.91 Å². The third kappa shape index (κ3) is 4.97. The molecule has 1 aliphatic heterocycles. The number of esters is 1. The number of thiazole rings is 1. The summed E-state index contributed by atoms with van der Waals surface area (Å²) in [4.78, 5) is 38.8. The summed E-state index contributed by atoms with van der Waals surface area (Å²) in [5.74, 6) is -0.671. The monoisotopic (exact) mass is 425 g/mol. The Morgan fingerprint density at radius 3 is 2.60 bits per heavy atom. The summed E-state index contributed by atoms with van der Waals surface area (Å²) in [7, 11) is 0. The molecule has 1 N–H and O–H groups in total. The molecule has 0 unspecified atom stereocenters. The van der Waals surface area contributed by atoms with Crippen LogP contribution in [0.25, 0.3) is 10.8 Å². The van der Waals surface area contributed by atoms with Gasteiger partial charge in [-0.2, -0.15) is 0 Å². The standard InChI is InChI=1S/C20H19N5O4S/c26-17(23-14-2-4-15(5-3-14)25-8-10-28-11-9-25)12-29-20(27)16-13-30-19(24-16)18-21-6-1-7-22-18/h1-7,13H,8-12H2,(H,23,26). The molecule has 4 rings (SSSR count). The summed E-state index contributed by atoms with van der Waals surface area (Å²) < 4.78 is 10.4. The molecule has 9 nitrogen and oxygen atoms in total. The van der Waals surface area contributed by atoms with Gasteiger partial charge in [0.05, 0.1) is 13.2 Å². The highest BCUT2D eigenvalue weighted by molar-refractivity contribution is 7.13. The molecule has 2 aromatic heterocycles. The number of rotatable bonds is 6. The van der Waals surface area contributed by atoms with Crippen LogP contribution in [0, 0.1) is 0 Å². The van der Waals surface area contributed by atoms with Gasteiger partial charge in [0.1, 0.15) is 0 Å². The first-order chi connectivity index (χ1) is 14.7. The molecule has 1 amide bonds. The number of aromatic nitrogens is 3. The van der Waals surface area contributed by atoms with Crippen LogP contribution >= 0.6 is 11.3 Å². The smallest absolute Gasteiger partial charge is 0.358 e. The van der Waals surface area contributed by atoms with Crippen molar-refractivity contribution in [3.05, 3.63) is 53.8 Å². The van der Waals surface area contributed by atoms with Gasteiger partial charge in [-0.05, 0) is 30.3 Å². The highest BCUT2D eigenvalue weighted by Crippen LogP contribution is 2.20. The Hall–Kier alpha value is -3.37. The Kier molecular flexibility index (Phi) is 6.26. The highest BCUT2D eigenvalue weighted by atomic mass is 32.1. The maximum Gasteiger partial charge on any atom is 0.358 e. The summed E-state index contributed by atoms with van der Waals surface area (Å²) in [6.07, 6.45) is 3.19. The van der Waals surface area contributed by atoms with Crippen molar-refractivity contribution in [1.82, 2.24) is 15.0 Å². The Labute approximate surface area is 176 Å². The second kappa shape index (κ2) is 9.42. The summed E-state index contributed by atoms with van der Waals surface area (Å²) in [6, 6.07) is 9.21. The lowest BCUT2D eigenvalue weighted by atomic mass is 10.2. The summed E-state index contributed by atoms with van der Waals surface area (Å²) in [5, 5.41) is 4.77. The molecule has 0 bridgehead atoms. The molecule has 1 saturated heterocycles. The third-order valence-corrected chi connectivity index (χ3v) is 5.17. The molecule has 1 fully saturated rings. The lowest BCUT2D eigenvalue weighted by molar-refractivity contribution is -0.119. The summed E-state index contributed by atoms with van der Waals surface area (Å²) in [5.41, 5.74) is 1.82. The minimum atomic E-state index is -0.675. The van der Waals surface area contributed by atoms with Crippen molar-refractivity contribution < 1.29 is 19.1 Å². The number of ether oxygens (including phenoxy) is 2. The fraction of sp³-hybridized carbons (Fsp3) is 0.250. The van der Waals surface area contributed by atoms with Gasteiger partial charge in [0, 0.05) is 42.2 Å². The van der Waals surface area contributed by atoms with Crippen LogP contribution in [0.2, 0.25) is 0 Å². The van der Waals surface area contributed by atoms with Crippen molar-refractivity contribution in [1.29, 1.82) is 0 Å². The van der Waals surface area contributed by atoms with E-state index >= 15 is 0 Å². The molecule has 1 aromatic carbocycles. The number of benzene rings is 1. The number of amides is 1. The molecule has 10 heteroatoms. The van der Waals surface area contributed by atoms with Gasteiger partial charge in [0.2, 0.25) is 0 Å². The maximum atomic E-state index is 12.2. The fourth-order valence-electron chi connectivity index (χ4n) is 2.86. The number of morpholine rings is 1. The van der Waals surface area contributed by atoms with Crippen molar-refractivity contribution in [2.75, 3.05) is 43.1 Å². The van der Waals surface area contributed by atoms with E-state index in [2.05, 4.69) is 25.2 Å². The van der Waals surface area contributed by atoms with Gasteiger partial charge < -0.3 is 19.7 Å². The number of carbonyl (C=O) groups excluding carboxylic acids is 2. The molecule has 30 heavy (non-hydrogen) atoms. The van der Waals surface area contributed by atoms with Crippen LogP contribution in [0.3, 0.4) is 0 Å². The normalized spacial score (nSPS) is 13.7. The highest BCUT2D eigenvalue weighted by Gasteiger charge is 2.16. The molecule has 3 heterocycles. The number of nitrogens with one attached hydrogen (secondary N) is 1. The second-order valence-electron chi connectivity index (χ2n) is 6.38. The average molecular weight is 425 g/mol. The predicted octanol–water partition coefficient (Wildman–Crippen LogP) is 2.23. The SMILES string of the molecule is O=C(COC(=O)c1csc(-c2ncccn2)n1)Nc1ccc(N2CCOCC2)cc1. The Balaban J connectivity index is 1.27. The second-order valence-corrected chi connectivity index (χ2v) is 7.24. The van der Waals surface area contributed by atoms with E-state index in [0.717, 1.165) is 18.8 Å². The van der Waals surface area contributed by atoms with Gasteiger partial charge in [-0.15, -0.1) is 11.3 Å². The van der Waals surface area contributed by atoms with Crippen molar-refractivity contribution in [3.8, 4) is 10.8 Å². The van der Waals surface area contributed by atoms with Gasteiger partial charge in [-0.3, -0.25) is 4.79 Å². The Bertz CT molecular complexity index is 1000. The van der Waals surface area contributed by atoms with Gasteiger partial charge in [-0.1, -0.05) is 0 Å². The molecule has 0 radical (unpaired) electrons. The van der Waals surface area contributed by atoms with Crippen LogP contribution in [0.4, 0.5) is 11.4 Å². The molecule has 154 valence electrons. The molecule has 0 spiro atoms. The number of carbonyl (C=O) groups is 2. The molecular weight excluding hydrogens is 406 g/mol. The van der Waals surface area contributed by atoms with Crippen LogP contribution < -0.4 is 10.2 Å². The van der Waals surface area contributed by atoms with E-state index in [9.17, 15) is 9.59 Å². The van der Waals surface area contributed by atoms with Crippen LogP contribution in [-0.4, -0.2) is 59.7 Å². The zero-order valence-electron chi connectivity index (χ0n) is 16.0. The predicted molar refractivity (Wildman–Crippen MR) is 112 cm³/mol.